The van der Waals surface area contributed by atoms with Crippen LogP contribution in [-0.4, -0.2) is 15.9 Å². The zero-order chi connectivity index (χ0) is 20.9. The Morgan fingerprint density at radius 3 is 2.53 bits per heavy atom. The van der Waals surface area contributed by atoms with Gasteiger partial charge in [-0.25, -0.2) is 0 Å². The molecule has 0 aliphatic carbocycles. The summed E-state index contributed by atoms with van der Waals surface area (Å²) in [6.45, 7) is 4.42. The van der Waals surface area contributed by atoms with E-state index in [-0.39, 0.29) is 5.91 Å². The maximum Gasteiger partial charge on any atom is 0.224 e. The van der Waals surface area contributed by atoms with E-state index in [1.165, 1.54) is 27.8 Å². The summed E-state index contributed by atoms with van der Waals surface area (Å²) < 4.78 is 0. The molecular formula is C26H27N3O. The van der Waals surface area contributed by atoms with E-state index in [1.54, 1.807) is 24.5 Å². The first-order valence-electron chi connectivity index (χ1n) is 10.5. The fourth-order valence-corrected chi connectivity index (χ4v) is 3.81. The van der Waals surface area contributed by atoms with Gasteiger partial charge in [0.1, 0.15) is 0 Å². The van der Waals surface area contributed by atoms with Crippen molar-refractivity contribution in [1.29, 1.82) is 0 Å². The molecule has 4 aromatic rings. The number of carbonyl (C=O) groups excluding carboxylic acids is 1. The number of rotatable bonds is 7. The van der Waals surface area contributed by atoms with E-state index in [1.807, 2.05) is 6.07 Å². The number of benzene rings is 2. The van der Waals surface area contributed by atoms with E-state index in [4.69, 9.17) is 0 Å². The number of amides is 1. The molecule has 0 radical (unpaired) electrons. The van der Waals surface area contributed by atoms with Gasteiger partial charge in [-0.3, -0.25) is 9.78 Å². The van der Waals surface area contributed by atoms with Gasteiger partial charge in [-0.05, 0) is 53.3 Å². The number of aromatic amines is 1. The first-order chi connectivity index (χ1) is 14.6. The van der Waals surface area contributed by atoms with Crippen LogP contribution in [0.4, 0.5) is 5.69 Å². The number of nitrogens with zero attached hydrogens (tertiary/aromatic N) is 1. The molecule has 4 rings (SSSR count). The van der Waals surface area contributed by atoms with Crippen molar-refractivity contribution >= 4 is 22.5 Å². The number of hydrogen-bond donors (Lipinski definition) is 2. The van der Waals surface area contributed by atoms with Crippen molar-refractivity contribution in [3.63, 3.8) is 0 Å². The Morgan fingerprint density at radius 2 is 1.80 bits per heavy atom. The van der Waals surface area contributed by atoms with Crippen molar-refractivity contribution in [2.24, 2.45) is 0 Å². The minimum atomic E-state index is 0.0150. The predicted octanol–water partition coefficient (Wildman–Crippen LogP) is 5.85. The van der Waals surface area contributed by atoms with Crippen LogP contribution in [0.3, 0.4) is 0 Å². The third-order valence-electron chi connectivity index (χ3n) is 5.48. The lowest BCUT2D eigenvalue weighted by molar-refractivity contribution is -0.116. The Hall–Kier alpha value is -3.40. The van der Waals surface area contributed by atoms with Gasteiger partial charge in [0.2, 0.25) is 5.91 Å². The second kappa shape index (κ2) is 8.95. The molecule has 152 valence electrons. The maximum atomic E-state index is 12.5. The maximum absolute atomic E-state index is 12.5. The highest BCUT2D eigenvalue weighted by Gasteiger charge is 2.15. The van der Waals surface area contributed by atoms with Gasteiger partial charge in [-0.1, -0.05) is 50.2 Å². The van der Waals surface area contributed by atoms with Crippen molar-refractivity contribution in [1.82, 2.24) is 9.97 Å². The normalized spacial score (nSPS) is 11.2. The molecule has 0 saturated carbocycles. The van der Waals surface area contributed by atoms with E-state index in [0.29, 0.717) is 18.8 Å². The summed E-state index contributed by atoms with van der Waals surface area (Å²) >= 11 is 0. The Morgan fingerprint density at radius 1 is 1.03 bits per heavy atom. The van der Waals surface area contributed by atoms with E-state index in [0.717, 1.165) is 17.6 Å². The summed E-state index contributed by atoms with van der Waals surface area (Å²) in [5.41, 5.74) is 6.91. The number of carbonyl (C=O) groups is 1. The summed E-state index contributed by atoms with van der Waals surface area (Å²) in [4.78, 5) is 20.2. The standard InChI is InChI=1S/C26H27N3O/c1-18(2)20-8-10-24-23(17-20)22(25(29-24)16-19-6-4-3-5-7-19)9-11-26(30)28-21-12-14-27-15-13-21/h3-8,10,12-15,17-18,29H,9,11,16H2,1-2H3,(H,27,28,30). The van der Waals surface area contributed by atoms with E-state index < -0.39 is 0 Å². The first kappa shape index (κ1) is 19.9. The molecule has 0 spiro atoms. The number of aromatic nitrogens is 2. The predicted molar refractivity (Wildman–Crippen MR) is 123 cm³/mol. The number of fused-ring (bicyclic) bond motifs is 1. The quantitative estimate of drug-likeness (QED) is 0.411. The van der Waals surface area contributed by atoms with Gasteiger partial charge in [0.05, 0.1) is 0 Å². The highest BCUT2D eigenvalue weighted by molar-refractivity contribution is 5.92. The second-order valence-corrected chi connectivity index (χ2v) is 7.99. The molecule has 0 atom stereocenters. The van der Waals surface area contributed by atoms with Crippen molar-refractivity contribution in [3.05, 3.63) is 95.4 Å². The van der Waals surface area contributed by atoms with Crippen LogP contribution in [-0.2, 0) is 17.6 Å². The van der Waals surface area contributed by atoms with Gasteiger partial charge in [0, 0.05) is 47.5 Å². The summed E-state index contributed by atoms with van der Waals surface area (Å²) in [6, 6.07) is 20.7. The zero-order valence-corrected chi connectivity index (χ0v) is 17.5. The third-order valence-corrected chi connectivity index (χ3v) is 5.48. The van der Waals surface area contributed by atoms with Crippen LogP contribution >= 0.6 is 0 Å². The molecule has 30 heavy (non-hydrogen) atoms. The Bertz CT molecular complexity index is 1130. The van der Waals surface area contributed by atoms with Crippen molar-refractivity contribution in [2.45, 2.75) is 39.0 Å². The smallest absolute Gasteiger partial charge is 0.224 e. The molecule has 0 aliphatic rings. The monoisotopic (exact) mass is 397 g/mol. The van der Waals surface area contributed by atoms with Crippen LogP contribution in [0, 0.1) is 0 Å². The molecule has 2 aromatic heterocycles. The second-order valence-electron chi connectivity index (χ2n) is 7.99. The van der Waals surface area contributed by atoms with Crippen LogP contribution in [0.2, 0.25) is 0 Å². The average Bonchev–Trinajstić information content (AvgIpc) is 3.09. The molecule has 4 heteroatoms. The van der Waals surface area contributed by atoms with Crippen LogP contribution in [0.15, 0.2) is 73.1 Å². The van der Waals surface area contributed by atoms with Gasteiger partial charge in [0.15, 0.2) is 0 Å². The van der Waals surface area contributed by atoms with E-state index in [2.05, 4.69) is 71.6 Å². The molecule has 0 unspecified atom stereocenters. The lowest BCUT2D eigenvalue weighted by Crippen LogP contribution is -2.12. The van der Waals surface area contributed by atoms with Gasteiger partial charge in [0.25, 0.3) is 0 Å². The Labute approximate surface area is 177 Å². The number of hydrogen-bond acceptors (Lipinski definition) is 2. The molecule has 0 saturated heterocycles. The average molecular weight is 398 g/mol. The Kier molecular flexibility index (Phi) is 5.94. The number of H-pyrrole nitrogens is 1. The topological polar surface area (TPSA) is 57.8 Å². The van der Waals surface area contributed by atoms with Crippen LogP contribution in [0.5, 0.6) is 0 Å². The van der Waals surface area contributed by atoms with Gasteiger partial charge in [-0.15, -0.1) is 0 Å². The fraction of sp³-hybridized carbons (Fsp3) is 0.231. The summed E-state index contributed by atoms with van der Waals surface area (Å²) in [5, 5.41) is 4.19. The van der Waals surface area contributed by atoms with Crippen molar-refractivity contribution in [2.75, 3.05) is 5.32 Å². The van der Waals surface area contributed by atoms with Crippen molar-refractivity contribution < 1.29 is 4.79 Å². The summed E-state index contributed by atoms with van der Waals surface area (Å²) in [5.74, 6) is 0.478. The Balaban J connectivity index is 1.61. The highest BCUT2D eigenvalue weighted by atomic mass is 16.1. The molecule has 0 fully saturated rings. The first-order valence-corrected chi connectivity index (χ1v) is 10.5. The lowest BCUT2D eigenvalue weighted by Gasteiger charge is -2.08. The fourth-order valence-electron chi connectivity index (χ4n) is 3.81. The van der Waals surface area contributed by atoms with Gasteiger partial charge < -0.3 is 10.3 Å². The molecule has 2 N–H and O–H groups in total. The largest absolute Gasteiger partial charge is 0.358 e. The number of pyridine rings is 1. The molecule has 2 heterocycles. The summed E-state index contributed by atoms with van der Waals surface area (Å²) in [6.07, 6.45) is 5.32. The molecule has 4 nitrogen and oxygen atoms in total. The van der Waals surface area contributed by atoms with Crippen LogP contribution < -0.4 is 5.32 Å². The molecule has 0 bridgehead atoms. The van der Waals surface area contributed by atoms with Crippen LogP contribution in [0.1, 0.15) is 48.6 Å². The van der Waals surface area contributed by atoms with Gasteiger partial charge >= 0.3 is 0 Å². The van der Waals surface area contributed by atoms with Crippen molar-refractivity contribution in [3.8, 4) is 0 Å². The molecule has 0 aliphatic heterocycles. The SMILES string of the molecule is CC(C)c1ccc2[nH]c(Cc3ccccc3)c(CCC(=O)Nc3ccncc3)c2c1. The minimum absolute atomic E-state index is 0.0150. The lowest BCUT2D eigenvalue weighted by atomic mass is 9.97. The highest BCUT2D eigenvalue weighted by Crippen LogP contribution is 2.29. The third kappa shape index (κ3) is 4.60. The molecule has 2 aromatic carbocycles. The van der Waals surface area contributed by atoms with Gasteiger partial charge in [-0.2, -0.15) is 0 Å². The molecular weight excluding hydrogens is 370 g/mol. The number of nitrogens with one attached hydrogen (secondary N) is 2. The summed E-state index contributed by atoms with van der Waals surface area (Å²) in [7, 11) is 0. The number of anilines is 1. The molecule has 1 amide bonds. The zero-order valence-electron chi connectivity index (χ0n) is 17.5. The van der Waals surface area contributed by atoms with E-state index >= 15 is 0 Å². The number of aryl methyl sites for hydroxylation is 1. The van der Waals surface area contributed by atoms with E-state index in [9.17, 15) is 4.79 Å². The minimum Gasteiger partial charge on any atom is -0.358 e. The van der Waals surface area contributed by atoms with Crippen LogP contribution in [0.25, 0.3) is 10.9 Å².